The number of hydrogen-bond donors (Lipinski definition) is 0. The number of aromatic nitrogens is 2. The number of thiazole rings is 1. The molecule has 3 aromatic rings. The molecule has 0 aliphatic rings. The zero-order chi connectivity index (χ0) is 21.8. The molecule has 0 aliphatic carbocycles. The number of hydrogen-bond acceptors (Lipinski definition) is 8. The third kappa shape index (κ3) is 4.25. The molecular weight excluding hydrogens is 412 g/mol. The lowest BCUT2D eigenvalue weighted by atomic mass is 10.2. The molecule has 0 saturated heterocycles. The monoisotopic (exact) mass is 428 g/mol. The molecule has 154 valence electrons. The van der Waals surface area contributed by atoms with Gasteiger partial charge in [-0.15, -0.1) is 11.3 Å². The van der Waals surface area contributed by atoms with Crippen molar-refractivity contribution in [3.63, 3.8) is 0 Å². The van der Waals surface area contributed by atoms with Crippen LogP contribution in [0, 0.1) is 10.1 Å². The Kier molecular flexibility index (Phi) is 6.02. The largest absolute Gasteiger partial charge is 0.465 e. The molecule has 0 aliphatic heterocycles. The molecule has 0 atom stereocenters. The molecule has 2 aromatic heterocycles. The van der Waals surface area contributed by atoms with Crippen molar-refractivity contribution in [1.29, 1.82) is 0 Å². The van der Waals surface area contributed by atoms with Gasteiger partial charge in [-0.1, -0.05) is 18.2 Å². The molecule has 0 saturated carbocycles. The first-order valence-electron chi connectivity index (χ1n) is 8.59. The Balaban J connectivity index is 1.98. The van der Waals surface area contributed by atoms with Crippen molar-refractivity contribution in [2.45, 2.75) is 13.5 Å². The topological polar surface area (TPSA) is 125 Å². The van der Waals surface area contributed by atoms with Gasteiger partial charge >= 0.3 is 17.2 Å². The number of rotatable bonds is 6. The highest BCUT2D eigenvalue weighted by Gasteiger charge is 2.22. The van der Waals surface area contributed by atoms with E-state index in [9.17, 15) is 24.5 Å². The lowest BCUT2D eigenvalue weighted by molar-refractivity contribution is -0.386. The zero-order valence-electron chi connectivity index (χ0n) is 16.0. The maximum absolute atomic E-state index is 12.4. The first-order valence-corrected chi connectivity index (χ1v) is 9.47. The Morgan fingerprint density at radius 2 is 2.00 bits per heavy atom. The molecule has 1 aromatic carbocycles. The molecule has 0 fully saturated rings. The van der Waals surface area contributed by atoms with Gasteiger partial charge in [-0.05, 0) is 12.1 Å². The van der Waals surface area contributed by atoms with Gasteiger partial charge in [0.15, 0.2) is 5.13 Å². The Hall–Kier alpha value is -3.86. The predicted molar refractivity (Wildman–Crippen MR) is 109 cm³/mol. The van der Waals surface area contributed by atoms with E-state index in [-0.39, 0.29) is 18.0 Å². The van der Waals surface area contributed by atoms with E-state index in [1.54, 1.807) is 29.6 Å². The van der Waals surface area contributed by atoms with Crippen LogP contribution in [0.1, 0.15) is 23.0 Å². The molecule has 0 unspecified atom stereocenters. The van der Waals surface area contributed by atoms with E-state index in [1.165, 1.54) is 29.4 Å². The van der Waals surface area contributed by atoms with Crippen molar-refractivity contribution in [3.8, 4) is 0 Å². The Morgan fingerprint density at radius 1 is 1.30 bits per heavy atom. The van der Waals surface area contributed by atoms with Gasteiger partial charge in [0.1, 0.15) is 0 Å². The minimum Gasteiger partial charge on any atom is -0.465 e. The number of ether oxygens (including phenoxy) is 1. The number of methoxy groups -OCH3 is 1. The minimum absolute atomic E-state index is 0.123. The number of nitrogens with zero attached hydrogens (tertiary/aromatic N) is 4. The molecule has 10 nitrogen and oxygen atoms in total. The maximum atomic E-state index is 12.4. The van der Waals surface area contributed by atoms with E-state index >= 15 is 0 Å². The number of benzene rings is 1. The van der Waals surface area contributed by atoms with E-state index in [2.05, 4.69) is 9.72 Å². The molecule has 0 N–H and O–H groups in total. The van der Waals surface area contributed by atoms with Gasteiger partial charge in [-0.2, -0.15) is 0 Å². The predicted octanol–water partition coefficient (Wildman–Crippen LogP) is 2.73. The van der Waals surface area contributed by atoms with Crippen LogP contribution >= 0.6 is 11.3 Å². The normalized spacial score (nSPS) is 10.5. The second-order valence-corrected chi connectivity index (χ2v) is 6.94. The van der Waals surface area contributed by atoms with Crippen molar-refractivity contribution in [2.75, 3.05) is 12.0 Å². The average Bonchev–Trinajstić information content (AvgIpc) is 3.17. The quantitative estimate of drug-likeness (QED) is 0.336. The molecule has 3 rings (SSSR count). The van der Waals surface area contributed by atoms with E-state index in [0.717, 1.165) is 17.7 Å². The third-order valence-electron chi connectivity index (χ3n) is 4.08. The van der Waals surface area contributed by atoms with Crippen LogP contribution in [0.4, 0.5) is 16.5 Å². The fraction of sp³-hybridized carbons (Fsp3) is 0.158. The van der Waals surface area contributed by atoms with Crippen LogP contribution in [0.2, 0.25) is 0 Å². The van der Waals surface area contributed by atoms with Crippen LogP contribution in [-0.4, -0.2) is 33.5 Å². The molecule has 1 amide bonds. The number of carbonyl (C=O) groups excluding carboxylic acids is 2. The summed E-state index contributed by atoms with van der Waals surface area (Å²) in [5.74, 6) is -1.06. The van der Waals surface area contributed by atoms with Crippen molar-refractivity contribution in [3.05, 3.63) is 79.7 Å². The highest BCUT2D eigenvalue weighted by atomic mass is 32.1. The number of nitro groups is 1. The lowest BCUT2D eigenvalue weighted by Gasteiger charge is -2.17. The average molecular weight is 428 g/mol. The first-order chi connectivity index (χ1) is 14.3. The smallest absolute Gasteiger partial charge is 0.339 e. The van der Waals surface area contributed by atoms with Crippen LogP contribution < -0.4 is 10.5 Å². The van der Waals surface area contributed by atoms with Crippen LogP contribution in [0.15, 0.2) is 52.8 Å². The van der Waals surface area contributed by atoms with Crippen LogP contribution in [0.5, 0.6) is 0 Å². The summed E-state index contributed by atoms with van der Waals surface area (Å²) in [6.07, 6.45) is 1.18. The molecule has 0 spiro atoms. The molecule has 30 heavy (non-hydrogen) atoms. The van der Waals surface area contributed by atoms with Crippen molar-refractivity contribution >= 4 is 39.7 Å². The summed E-state index contributed by atoms with van der Waals surface area (Å²) < 4.78 is 5.61. The summed E-state index contributed by atoms with van der Waals surface area (Å²) in [6.45, 7) is 1.28. The number of anilines is 2. The molecule has 11 heteroatoms. The highest BCUT2D eigenvalue weighted by Crippen LogP contribution is 2.29. The summed E-state index contributed by atoms with van der Waals surface area (Å²) in [7, 11) is 1.14. The van der Waals surface area contributed by atoms with E-state index in [1.807, 2.05) is 6.07 Å². The maximum Gasteiger partial charge on any atom is 0.339 e. The second-order valence-electron chi connectivity index (χ2n) is 6.11. The SMILES string of the molecule is COC(=O)c1cc([N+](=O)[O-])c(=O)n(Cc2csc(N(C(C)=O)c3ccccc3)n2)c1. The van der Waals surface area contributed by atoms with Gasteiger partial charge < -0.3 is 9.30 Å². The molecule has 0 radical (unpaired) electrons. The highest BCUT2D eigenvalue weighted by molar-refractivity contribution is 7.14. The summed E-state index contributed by atoms with van der Waals surface area (Å²) in [5, 5.41) is 13.2. The van der Waals surface area contributed by atoms with Gasteiger partial charge in [-0.25, -0.2) is 9.78 Å². The van der Waals surface area contributed by atoms with Crippen molar-refractivity contribution in [2.24, 2.45) is 0 Å². The number of esters is 1. The number of amides is 1. The Bertz CT molecular complexity index is 1170. The minimum atomic E-state index is -0.881. The van der Waals surface area contributed by atoms with Crippen LogP contribution in [0.25, 0.3) is 0 Å². The number of para-hydroxylation sites is 1. The number of carbonyl (C=O) groups is 2. The first kappa shape index (κ1) is 20.9. The second kappa shape index (κ2) is 8.66. The Morgan fingerprint density at radius 3 is 2.60 bits per heavy atom. The van der Waals surface area contributed by atoms with Gasteiger partial charge in [0.25, 0.3) is 0 Å². The van der Waals surface area contributed by atoms with E-state index in [0.29, 0.717) is 16.5 Å². The molecular formula is C19H16N4O6S. The van der Waals surface area contributed by atoms with E-state index < -0.39 is 22.1 Å². The number of pyridine rings is 1. The van der Waals surface area contributed by atoms with Crippen molar-refractivity contribution < 1.29 is 19.2 Å². The fourth-order valence-electron chi connectivity index (χ4n) is 2.75. The van der Waals surface area contributed by atoms with E-state index in [4.69, 9.17) is 0 Å². The fourth-order valence-corrected chi connectivity index (χ4v) is 3.63. The summed E-state index contributed by atoms with van der Waals surface area (Å²) >= 11 is 1.18. The van der Waals surface area contributed by atoms with Crippen LogP contribution in [-0.2, 0) is 16.1 Å². The lowest BCUT2D eigenvalue weighted by Crippen LogP contribution is -2.25. The third-order valence-corrected chi connectivity index (χ3v) is 4.95. The Labute approximate surface area is 174 Å². The van der Waals surface area contributed by atoms with Gasteiger partial charge in [0, 0.05) is 24.6 Å². The summed E-state index contributed by atoms with van der Waals surface area (Å²) in [6, 6.07) is 9.80. The van der Waals surface area contributed by atoms with Crippen LogP contribution in [0.3, 0.4) is 0 Å². The summed E-state index contributed by atoms with van der Waals surface area (Å²) in [4.78, 5) is 52.5. The van der Waals surface area contributed by atoms with Crippen molar-refractivity contribution in [1.82, 2.24) is 9.55 Å². The standard InChI is InChI=1S/C19H16N4O6S/c1-12(24)22(15-6-4-3-5-7-15)19-20-14(11-30-19)10-21-9-13(18(26)29-2)8-16(17(21)25)23(27)28/h3-9,11H,10H2,1-2H3. The molecule has 2 heterocycles. The van der Waals surface area contributed by atoms with Gasteiger partial charge in [0.2, 0.25) is 5.91 Å². The summed E-state index contributed by atoms with van der Waals surface area (Å²) in [5.41, 5.74) is -0.729. The van der Waals surface area contributed by atoms with Gasteiger partial charge in [0.05, 0.1) is 35.5 Å². The van der Waals surface area contributed by atoms with Gasteiger partial charge in [-0.3, -0.25) is 24.6 Å². The molecule has 0 bridgehead atoms. The zero-order valence-corrected chi connectivity index (χ0v) is 16.8.